The van der Waals surface area contributed by atoms with Crippen LogP contribution >= 0.6 is 35.6 Å². The molecule has 0 bridgehead atoms. The SMILES string of the molecule is CC(C)(C)c1ccc(NC(=N)NC(=N)NCc2ccc(Cl)c(Cl)c2)cc1.Cl. The van der Waals surface area contributed by atoms with Gasteiger partial charge in [-0.05, 0) is 40.8 Å². The fraction of sp³-hybridized carbons (Fsp3) is 0.263. The topological polar surface area (TPSA) is 83.8 Å². The minimum Gasteiger partial charge on any atom is -0.352 e. The van der Waals surface area contributed by atoms with Crippen LogP contribution in [0.15, 0.2) is 42.5 Å². The molecular weight excluding hydrogens is 405 g/mol. The van der Waals surface area contributed by atoms with Crippen LogP contribution in [-0.4, -0.2) is 11.9 Å². The Morgan fingerprint density at radius 1 is 0.926 bits per heavy atom. The lowest BCUT2D eigenvalue weighted by Gasteiger charge is -2.19. The van der Waals surface area contributed by atoms with Crippen LogP contribution in [0, 0.1) is 10.8 Å². The fourth-order valence-corrected chi connectivity index (χ4v) is 2.56. The van der Waals surface area contributed by atoms with Gasteiger partial charge in [0.15, 0.2) is 11.9 Å². The van der Waals surface area contributed by atoms with Crippen LogP contribution in [0.5, 0.6) is 0 Å². The molecule has 0 saturated carbocycles. The van der Waals surface area contributed by atoms with Crippen LogP contribution in [-0.2, 0) is 12.0 Å². The highest BCUT2D eigenvalue weighted by Crippen LogP contribution is 2.23. The van der Waals surface area contributed by atoms with Crippen LogP contribution in [0.4, 0.5) is 5.69 Å². The zero-order chi connectivity index (χ0) is 19.3. The number of benzene rings is 2. The van der Waals surface area contributed by atoms with Gasteiger partial charge in [-0.2, -0.15) is 0 Å². The second-order valence-electron chi connectivity index (χ2n) is 6.93. The van der Waals surface area contributed by atoms with Crippen molar-refractivity contribution in [2.45, 2.75) is 32.7 Å². The van der Waals surface area contributed by atoms with Gasteiger partial charge in [-0.15, -0.1) is 12.4 Å². The summed E-state index contributed by atoms with van der Waals surface area (Å²) in [6, 6.07) is 13.2. The molecule has 5 N–H and O–H groups in total. The van der Waals surface area contributed by atoms with E-state index in [9.17, 15) is 0 Å². The molecule has 2 aromatic rings. The van der Waals surface area contributed by atoms with E-state index in [1.165, 1.54) is 5.56 Å². The van der Waals surface area contributed by atoms with E-state index >= 15 is 0 Å². The standard InChI is InChI=1S/C19H23Cl2N5.ClH/c1-19(2,3)13-5-7-14(8-6-13)25-18(23)26-17(22)24-11-12-4-9-15(20)16(21)10-12;/h4-10H,11H2,1-3H3,(H5,22,23,24,25,26);1H. The van der Waals surface area contributed by atoms with Gasteiger partial charge in [-0.25, -0.2) is 0 Å². The van der Waals surface area contributed by atoms with Gasteiger partial charge in [0.05, 0.1) is 10.0 Å². The second-order valence-corrected chi connectivity index (χ2v) is 7.74. The zero-order valence-electron chi connectivity index (χ0n) is 15.4. The molecule has 0 aliphatic heterocycles. The monoisotopic (exact) mass is 427 g/mol. The van der Waals surface area contributed by atoms with Crippen LogP contribution in [0.1, 0.15) is 31.9 Å². The summed E-state index contributed by atoms with van der Waals surface area (Å²) in [7, 11) is 0. The average molecular weight is 429 g/mol. The van der Waals surface area contributed by atoms with Crippen molar-refractivity contribution in [3.8, 4) is 0 Å². The van der Waals surface area contributed by atoms with Crippen LogP contribution in [0.25, 0.3) is 0 Å². The van der Waals surface area contributed by atoms with E-state index in [-0.39, 0.29) is 29.7 Å². The maximum Gasteiger partial charge on any atom is 0.199 e. The third kappa shape index (κ3) is 7.29. The number of hydrogen-bond acceptors (Lipinski definition) is 2. The van der Waals surface area contributed by atoms with Gasteiger partial charge in [0.2, 0.25) is 0 Å². The summed E-state index contributed by atoms with van der Waals surface area (Å²) in [5, 5.41) is 25.2. The van der Waals surface area contributed by atoms with Crippen LogP contribution < -0.4 is 16.0 Å². The lowest BCUT2D eigenvalue weighted by Crippen LogP contribution is -2.42. The normalized spacial score (nSPS) is 10.6. The van der Waals surface area contributed by atoms with Crippen molar-refractivity contribution in [2.75, 3.05) is 5.32 Å². The molecule has 0 fully saturated rings. The summed E-state index contributed by atoms with van der Waals surface area (Å²) < 4.78 is 0. The summed E-state index contributed by atoms with van der Waals surface area (Å²) in [5.74, 6) is 0.0278. The average Bonchev–Trinajstić information content (AvgIpc) is 2.55. The molecule has 0 radical (unpaired) electrons. The van der Waals surface area contributed by atoms with Gasteiger partial charge in [0.1, 0.15) is 0 Å². The van der Waals surface area contributed by atoms with E-state index in [1.807, 2.05) is 30.3 Å². The Balaban J connectivity index is 0.00000364. The summed E-state index contributed by atoms with van der Waals surface area (Å²) in [6.07, 6.45) is 0. The molecule has 0 unspecified atom stereocenters. The van der Waals surface area contributed by atoms with Crippen LogP contribution in [0.2, 0.25) is 10.0 Å². The predicted molar refractivity (Wildman–Crippen MR) is 118 cm³/mol. The molecule has 0 aliphatic carbocycles. The lowest BCUT2D eigenvalue weighted by molar-refractivity contribution is 0.590. The van der Waals surface area contributed by atoms with E-state index in [2.05, 4.69) is 36.7 Å². The van der Waals surface area contributed by atoms with Crippen molar-refractivity contribution in [3.63, 3.8) is 0 Å². The highest BCUT2D eigenvalue weighted by atomic mass is 35.5. The molecule has 0 amide bonds. The van der Waals surface area contributed by atoms with Gasteiger partial charge in [0, 0.05) is 12.2 Å². The summed E-state index contributed by atoms with van der Waals surface area (Å²) in [4.78, 5) is 0. The molecule has 146 valence electrons. The fourth-order valence-electron chi connectivity index (χ4n) is 2.24. The van der Waals surface area contributed by atoms with E-state index in [0.29, 0.717) is 16.6 Å². The molecule has 0 atom stereocenters. The molecule has 0 heterocycles. The van der Waals surface area contributed by atoms with Crippen molar-refractivity contribution in [1.29, 1.82) is 10.8 Å². The van der Waals surface area contributed by atoms with Crippen molar-refractivity contribution >= 4 is 53.2 Å². The summed E-state index contributed by atoms with van der Waals surface area (Å²) >= 11 is 11.9. The Morgan fingerprint density at radius 3 is 2.11 bits per heavy atom. The van der Waals surface area contributed by atoms with Crippen molar-refractivity contribution < 1.29 is 0 Å². The van der Waals surface area contributed by atoms with E-state index in [4.69, 9.17) is 34.0 Å². The Hall–Kier alpha value is -1.95. The molecule has 27 heavy (non-hydrogen) atoms. The number of halogens is 3. The van der Waals surface area contributed by atoms with E-state index < -0.39 is 0 Å². The molecule has 0 spiro atoms. The van der Waals surface area contributed by atoms with Crippen molar-refractivity contribution in [3.05, 3.63) is 63.6 Å². The molecular formula is C19H24Cl3N5. The third-order valence-electron chi connectivity index (χ3n) is 3.72. The number of anilines is 1. The first-order valence-corrected chi connectivity index (χ1v) is 8.90. The highest BCUT2D eigenvalue weighted by Gasteiger charge is 2.13. The van der Waals surface area contributed by atoms with E-state index in [0.717, 1.165) is 11.3 Å². The van der Waals surface area contributed by atoms with Gasteiger partial charge in [0.25, 0.3) is 0 Å². The number of guanidine groups is 2. The predicted octanol–water partition coefficient (Wildman–Crippen LogP) is 5.37. The minimum absolute atomic E-state index is 0. The van der Waals surface area contributed by atoms with E-state index in [1.54, 1.807) is 12.1 Å². The largest absolute Gasteiger partial charge is 0.352 e. The smallest absolute Gasteiger partial charge is 0.199 e. The molecule has 0 saturated heterocycles. The Kier molecular flexibility index (Phi) is 8.41. The second kappa shape index (κ2) is 9.83. The van der Waals surface area contributed by atoms with Gasteiger partial charge >= 0.3 is 0 Å². The van der Waals surface area contributed by atoms with Crippen LogP contribution in [0.3, 0.4) is 0 Å². The highest BCUT2D eigenvalue weighted by molar-refractivity contribution is 6.42. The quantitative estimate of drug-likeness (QED) is 0.336. The first-order chi connectivity index (χ1) is 12.1. The molecule has 8 heteroatoms. The lowest BCUT2D eigenvalue weighted by atomic mass is 9.87. The van der Waals surface area contributed by atoms with Crippen molar-refractivity contribution in [1.82, 2.24) is 10.6 Å². The van der Waals surface area contributed by atoms with Gasteiger partial charge in [-0.3, -0.25) is 16.1 Å². The first kappa shape index (κ1) is 23.1. The minimum atomic E-state index is 0. The third-order valence-corrected chi connectivity index (χ3v) is 4.46. The molecule has 5 nitrogen and oxygen atoms in total. The number of rotatable bonds is 3. The van der Waals surface area contributed by atoms with Gasteiger partial charge in [-0.1, -0.05) is 62.2 Å². The molecule has 2 aromatic carbocycles. The van der Waals surface area contributed by atoms with Gasteiger partial charge < -0.3 is 10.6 Å². The Labute approximate surface area is 176 Å². The summed E-state index contributed by atoms with van der Waals surface area (Å²) in [6.45, 7) is 6.86. The maximum absolute atomic E-state index is 7.94. The number of nitrogens with one attached hydrogen (secondary N) is 5. The Bertz CT molecular complexity index is 798. The maximum atomic E-state index is 7.94. The number of hydrogen-bond donors (Lipinski definition) is 5. The molecule has 0 aromatic heterocycles. The van der Waals surface area contributed by atoms with Crippen molar-refractivity contribution in [2.24, 2.45) is 0 Å². The summed E-state index contributed by atoms with van der Waals surface area (Å²) in [5.41, 5.74) is 2.98. The zero-order valence-corrected chi connectivity index (χ0v) is 17.7. The Morgan fingerprint density at radius 2 is 1.56 bits per heavy atom. The molecule has 2 rings (SSSR count). The molecule has 0 aliphatic rings. The first-order valence-electron chi connectivity index (χ1n) is 8.14.